The van der Waals surface area contributed by atoms with Crippen molar-refractivity contribution in [2.24, 2.45) is 5.73 Å². The van der Waals surface area contributed by atoms with Crippen LogP contribution in [-0.4, -0.2) is 0 Å². The maximum atomic E-state index is 8.71. The van der Waals surface area contributed by atoms with E-state index in [1.807, 2.05) is 24.3 Å². The summed E-state index contributed by atoms with van der Waals surface area (Å²) in [5, 5.41) is 9.27. The third kappa shape index (κ3) is 3.47. The Balaban J connectivity index is 2.04. The van der Waals surface area contributed by atoms with Crippen LogP contribution in [0.5, 0.6) is 5.75 Å². The molecule has 0 fully saturated rings. The average molecular weight is 273 g/mol. The molecule has 0 bridgehead atoms. The molecule has 19 heavy (non-hydrogen) atoms. The Kier molecular flexibility index (Phi) is 4.40. The number of rotatable bonds is 4. The molecule has 3 nitrogen and oxygen atoms in total. The smallest absolute Gasteiger partial charge is 0.138 e. The molecule has 2 N–H and O–H groups in total. The molecular formula is C15H13ClN2O. The van der Waals surface area contributed by atoms with Crippen molar-refractivity contribution < 1.29 is 4.74 Å². The molecule has 4 heteroatoms. The molecule has 2 aromatic rings. The largest absolute Gasteiger partial charge is 0.487 e. The summed E-state index contributed by atoms with van der Waals surface area (Å²) >= 11 is 6.10. The molecule has 0 atom stereocenters. The maximum Gasteiger partial charge on any atom is 0.138 e. The number of benzene rings is 2. The van der Waals surface area contributed by atoms with Gasteiger partial charge in [-0.05, 0) is 35.4 Å². The van der Waals surface area contributed by atoms with Crippen LogP contribution < -0.4 is 10.5 Å². The SMILES string of the molecule is N#Cc1ccc(COc2ccc(CN)cc2Cl)cc1. The van der Waals surface area contributed by atoms with Crippen molar-refractivity contribution in [1.29, 1.82) is 5.26 Å². The Morgan fingerprint density at radius 1 is 1.11 bits per heavy atom. The molecule has 96 valence electrons. The highest BCUT2D eigenvalue weighted by atomic mass is 35.5. The van der Waals surface area contributed by atoms with Crippen LogP contribution in [0.1, 0.15) is 16.7 Å². The first-order valence-electron chi connectivity index (χ1n) is 5.83. The molecule has 0 aromatic heterocycles. The fourth-order valence-electron chi connectivity index (χ4n) is 1.62. The average Bonchev–Trinajstić information content (AvgIpc) is 2.46. The van der Waals surface area contributed by atoms with E-state index in [1.54, 1.807) is 18.2 Å². The highest BCUT2D eigenvalue weighted by molar-refractivity contribution is 6.32. The number of nitrogens with two attached hydrogens (primary N) is 1. The third-order valence-corrected chi connectivity index (χ3v) is 3.00. The normalized spacial score (nSPS) is 9.95. The van der Waals surface area contributed by atoms with Gasteiger partial charge in [0.25, 0.3) is 0 Å². The first-order chi connectivity index (χ1) is 9.22. The van der Waals surface area contributed by atoms with Gasteiger partial charge >= 0.3 is 0 Å². The lowest BCUT2D eigenvalue weighted by Crippen LogP contribution is -1.99. The highest BCUT2D eigenvalue weighted by Gasteiger charge is 2.03. The van der Waals surface area contributed by atoms with Gasteiger partial charge in [0.15, 0.2) is 0 Å². The monoisotopic (exact) mass is 272 g/mol. The van der Waals surface area contributed by atoms with Gasteiger partial charge < -0.3 is 10.5 Å². The van der Waals surface area contributed by atoms with Crippen molar-refractivity contribution in [3.05, 3.63) is 64.2 Å². The summed E-state index contributed by atoms with van der Waals surface area (Å²) in [6.07, 6.45) is 0. The van der Waals surface area contributed by atoms with Crippen molar-refractivity contribution in [1.82, 2.24) is 0 Å². The fourth-order valence-corrected chi connectivity index (χ4v) is 1.88. The van der Waals surface area contributed by atoms with Gasteiger partial charge in [0.1, 0.15) is 12.4 Å². The first-order valence-corrected chi connectivity index (χ1v) is 6.21. The van der Waals surface area contributed by atoms with Crippen LogP contribution in [0.15, 0.2) is 42.5 Å². The highest BCUT2D eigenvalue weighted by Crippen LogP contribution is 2.26. The predicted octanol–water partition coefficient (Wildman–Crippen LogP) is 3.25. The lowest BCUT2D eigenvalue weighted by molar-refractivity contribution is 0.306. The number of nitriles is 1. The molecule has 0 radical (unpaired) electrons. The van der Waals surface area contributed by atoms with Crippen molar-refractivity contribution in [2.45, 2.75) is 13.2 Å². The Morgan fingerprint density at radius 2 is 1.79 bits per heavy atom. The number of hydrogen-bond acceptors (Lipinski definition) is 3. The summed E-state index contributed by atoms with van der Waals surface area (Å²) in [5.41, 5.74) is 8.12. The van der Waals surface area contributed by atoms with Gasteiger partial charge in [-0.25, -0.2) is 0 Å². The van der Waals surface area contributed by atoms with E-state index >= 15 is 0 Å². The van der Waals surface area contributed by atoms with Gasteiger partial charge in [-0.1, -0.05) is 29.8 Å². The van der Waals surface area contributed by atoms with Crippen LogP contribution in [0, 0.1) is 11.3 Å². The van der Waals surface area contributed by atoms with E-state index in [4.69, 9.17) is 27.3 Å². The van der Waals surface area contributed by atoms with Crippen LogP contribution in [-0.2, 0) is 13.2 Å². The van der Waals surface area contributed by atoms with Crippen molar-refractivity contribution in [2.75, 3.05) is 0 Å². The van der Waals surface area contributed by atoms with Gasteiger partial charge in [0.2, 0.25) is 0 Å². The second-order valence-corrected chi connectivity index (χ2v) is 4.47. The van der Waals surface area contributed by atoms with E-state index in [-0.39, 0.29) is 0 Å². The molecule has 0 aliphatic heterocycles. The number of nitrogens with zero attached hydrogens (tertiary/aromatic N) is 1. The molecule has 0 heterocycles. The summed E-state index contributed by atoms with van der Waals surface area (Å²) in [6.45, 7) is 0.864. The zero-order chi connectivity index (χ0) is 13.7. The van der Waals surface area contributed by atoms with Crippen LogP contribution in [0.4, 0.5) is 0 Å². The molecule has 0 aliphatic rings. The van der Waals surface area contributed by atoms with Crippen LogP contribution in [0.25, 0.3) is 0 Å². The summed E-state index contributed by atoms with van der Waals surface area (Å²) in [6, 6.07) is 14.8. The van der Waals surface area contributed by atoms with E-state index in [9.17, 15) is 0 Å². The van der Waals surface area contributed by atoms with Crippen molar-refractivity contribution in [3.63, 3.8) is 0 Å². The summed E-state index contributed by atoms with van der Waals surface area (Å²) in [4.78, 5) is 0. The van der Waals surface area contributed by atoms with Gasteiger partial charge in [-0.15, -0.1) is 0 Å². The molecule has 0 saturated heterocycles. The molecule has 0 spiro atoms. The van der Waals surface area contributed by atoms with Crippen LogP contribution in [0.2, 0.25) is 5.02 Å². The number of hydrogen-bond donors (Lipinski definition) is 1. The molecule has 2 aromatic carbocycles. The Labute approximate surface area is 117 Å². The second kappa shape index (κ2) is 6.24. The van der Waals surface area contributed by atoms with Crippen molar-refractivity contribution >= 4 is 11.6 Å². The van der Waals surface area contributed by atoms with Gasteiger partial charge in [0, 0.05) is 6.54 Å². The number of ether oxygens (including phenoxy) is 1. The summed E-state index contributed by atoms with van der Waals surface area (Å²) < 4.78 is 5.64. The molecule has 0 unspecified atom stereocenters. The van der Waals surface area contributed by atoms with Crippen LogP contribution >= 0.6 is 11.6 Å². The third-order valence-electron chi connectivity index (χ3n) is 2.71. The molecule has 0 saturated carbocycles. The van der Waals surface area contributed by atoms with E-state index in [2.05, 4.69) is 6.07 Å². The Bertz CT molecular complexity index is 603. The van der Waals surface area contributed by atoms with Crippen molar-refractivity contribution in [3.8, 4) is 11.8 Å². The van der Waals surface area contributed by atoms with E-state index < -0.39 is 0 Å². The zero-order valence-corrected chi connectivity index (χ0v) is 11.0. The topological polar surface area (TPSA) is 59.0 Å². The predicted molar refractivity (Wildman–Crippen MR) is 74.8 cm³/mol. The minimum absolute atomic E-state index is 0.410. The molecular weight excluding hydrogens is 260 g/mol. The Morgan fingerprint density at radius 3 is 2.37 bits per heavy atom. The van der Waals surface area contributed by atoms with Gasteiger partial charge in [-0.2, -0.15) is 5.26 Å². The van der Waals surface area contributed by atoms with E-state index in [0.29, 0.717) is 29.5 Å². The summed E-state index contributed by atoms with van der Waals surface area (Å²) in [5.74, 6) is 0.628. The van der Waals surface area contributed by atoms with Gasteiger partial charge in [-0.3, -0.25) is 0 Å². The number of halogens is 1. The Hall–Kier alpha value is -2.02. The molecule has 2 rings (SSSR count). The maximum absolute atomic E-state index is 8.71. The fraction of sp³-hybridized carbons (Fsp3) is 0.133. The van der Waals surface area contributed by atoms with E-state index in [1.165, 1.54) is 0 Å². The molecule has 0 amide bonds. The summed E-state index contributed by atoms with van der Waals surface area (Å²) in [7, 11) is 0. The molecule has 0 aliphatic carbocycles. The first kappa shape index (κ1) is 13.4. The quantitative estimate of drug-likeness (QED) is 0.929. The standard InChI is InChI=1S/C15H13ClN2O/c16-14-7-13(9-18)5-6-15(14)19-10-12-3-1-11(8-17)2-4-12/h1-7H,9-10,18H2. The van der Waals surface area contributed by atoms with Crippen LogP contribution in [0.3, 0.4) is 0 Å². The minimum atomic E-state index is 0.410. The lowest BCUT2D eigenvalue weighted by Gasteiger charge is -2.09. The second-order valence-electron chi connectivity index (χ2n) is 4.07. The van der Waals surface area contributed by atoms with E-state index in [0.717, 1.165) is 11.1 Å². The van der Waals surface area contributed by atoms with Gasteiger partial charge in [0.05, 0.1) is 16.7 Å². The zero-order valence-electron chi connectivity index (χ0n) is 10.3. The lowest BCUT2D eigenvalue weighted by atomic mass is 10.1. The minimum Gasteiger partial charge on any atom is -0.487 e.